The van der Waals surface area contributed by atoms with Gasteiger partial charge in [-0.05, 0) is 80.0 Å². The molecule has 3 aliphatic heterocycles. The fourth-order valence-corrected chi connectivity index (χ4v) is 8.77. The van der Waals surface area contributed by atoms with Gasteiger partial charge in [-0.3, -0.25) is 4.79 Å². The fourth-order valence-electron chi connectivity index (χ4n) is 8.77. The molecule has 3 saturated heterocycles. The number of anilines is 1. The van der Waals surface area contributed by atoms with Gasteiger partial charge in [-0.25, -0.2) is 0 Å². The van der Waals surface area contributed by atoms with E-state index in [0.717, 1.165) is 48.1 Å². The first-order valence-electron chi connectivity index (χ1n) is 19.0. The zero-order valence-corrected chi connectivity index (χ0v) is 30.4. The van der Waals surface area contributed by atoms with E-state index in [9.17, 15) is 20.1 Å². The van der Waals surface area contributed by atoms with Crippen LogP contribution in [-0.2, 0) is 21.6 Å². The molecule has 0 radical (unpaired) electrons. The van der Waals surface area contributed by atoms with Crippen molar-refractivity contribution in [2.24, 2.45) is 11.8 Å². The van der Waals surface area contributed by atoms with Crippen molar-refractivity contribution in [3.05, 3.63) is 89.5 Å². The van der Waals surface area contributed by atoms with Gasteiger partial charge in [0.25, 0.3) is 0 Å². The SMILES string of the molecule is CC(C)(Cc1ccc(OCC[N+]23CCC(CC2)[C@@H](OCC(O)(c2ccccc2)C2CCCCC2)C3)cc1)NC[C@H](O)c1ccc(O)c(NC=O)c1. The number of carbonyl (C=O) groups excluding carboxylic acids is 1. The van der Waals surface area contributed by atoms with Crippen molar-refractivity contribution in [3.8, 4) is 11.5 Å². The Morgan fingerprint density at radius 1 is 0.961 bits per heavy atom. The van der Waals surface area contributed by atoms with Gasteiger partial charge < -0.3 is 39.9 Å². The standard InChI is InChI=1S/C42H57N3O6/c1-41(2,44-27-39(48)33-15-18-38(47)37(25-33)43-30-46)26-31-13-16-36(17-14-31)50-24-23-45-21-19-32(20-22-45)40(28-45)51-29-42(49,34-9-5-3-6-10-34)35-11-7-4-8-12-35/h3,5-6,9-10,13-18,25,30,32,35,39-40,44,48-49H,4,7-8,11-12,19-24,26-29H2,1-2H3,(H-,43,46,47)/p+1/t32?,39-,40-,42?,45?/m0/s1. The van der Waals surface area contributed by atoms with Crippen LogP contribution in [0.15, 0.2) is 72.8 Å². The second kappa shape index (κ2) is 16.5. The lowest BCUT2D eigenvalue weighted by Crippen LogP contribution is -2.65. The first kappa shape index (κ1) is 37.3. The highest BCUT2D eigenvalue weighted by Crippen LogP contribution is 2.42. The summed E-state index contributed by atoms with van der Waals surface area (Å²) in [6.07, 6.45) is 8.71. The Hall–Kier alpha value is -3.47. The van der Waals surface area contributed by atoms with Crippen molar-refractivity contribution in [2.45, 2.75) is 88.6 Å². The largest absolute Gasteiger partial charge is 0.506 e. The summed E-state index contributed by atoms with van der Waals surface area (Å²) >= 11 is 0. The Labute approximate surface area is 303 Å². The maximum atomic E-state index is 12.2. The average Bonchev–Trinajstić information content (AvgIpc) is 3.15. The number of aliphatic hydroxyl groups is 2. The lowest BCUT2D eigenvalue weighted by Gasteiger charge is -2.52. The number of nitrogens with zero attached hydrogens (tertiary/aromatic N) is 1. The number of β-amino-alcohol motifs (C(OH)–C–C–N with tert-alkyl or cyclic N) is 1. The summed E-state index contributed by atoms with van der Waals surface area (Å²) in [5.74, 6) is 1.63. The van der Waals surface area contributed by atoms with Gasteiger partial charge in [-0.1, -0.05) is 67.8 Å². The minimum atomic E-state index is -0.936. The fraction of sp³-hybridized carbons (Fsp3) is 0.548. The summed E-state index contributed by atoms with van der Waals surface area (Å²) < 4.78 is 14.1. The second-order valence-electron chi connectivity index (χ2n) is 16.0. The molecule has 4 aliphatic rings. The monoisotopic (exact) mass is 700 g/mol. The number of aliphatic hydroxyl groups excluding tert-OH is 1. The number of aromatic hydroxyl groups is 1. The molecule has 3 atom stereocenters. The molecule has 1 unspecified atom stereocenters. The number of ether oxygens (including phenoxy) is 2. The molecule has 1 aliphatic carbocycles. The maximum absolute atomic E-state index is 12.2. The van der Waals surface area contributed by atoms with Crippen LogP contribution < -0.4 is 15.4 Å². The van der Waals surface area contributed by atoms with Crippen LogP contribution >= 0.6 is 0 Å². The Kier molecular flexibility index (Phi) is 12.0. The molecule has 51 heavy (non-hydrogen) atoms. The molecule has 3 aromatic carbocycles. The maximum Gasteiger partial charge on any atom is 0.211 e. The number of amides is 1. The molecule has 1 amide bonds. The summed E-state index contributed by atoms with van der Waals surface area (Å²) in [4.78, 5) is 10.8. The van der Waals surface area contributed by atoms with E-state index in [0.29, 0.717) is 37.6 Å². The number of carbonyl (C=O) groups is 1. The number of rotatable bonds is 17. The van der Waals surface area contributed by atoms with Crippen molar-refractivity contribution in [1.29, 1.82) is 0 Å². The van der Waals surface area contributed by atoms with Crippen LogP contribution in [0, 0.1) is 11.8 Å². The number of phenolic OH excluding ortho intramolecular Hbond substituents is 1. The minimum absolute atomic E-state index is 0.0455. The number of hydrogen-bond acceptors (Lipinski definition) is 7. The number of piperidine rings is 3. The van der Waals surface area contributed by atoms with E-state index >= 15 is 0 Å². The van der Waals surface area contributed by atoms with Crippen molar-refractivity contribution < 1.29 is 34.1 Å². The van der Waals surface area contributed by atoms with E-state index < -0.39 is 11.7 Å². The van der Waals surface area contributed by atoms with Crippen molar-refractivity contribution in [2.75, 3.05) is 51.3 Å². The van der Waals surface area contributed by atoms with E-state index in [2.05, 4.69) is 48.7 Å². The molecule has 5 N–H and O–H groups in total. The van der Waals surface area contributed by atoms with Crippen LogP contribution in [0.2, 0.25) is 0 Å². The topological polar surface area (TPSA) is 120 Å². The summed E-state index contributed by atoms with van der Waals surface area (Å²) in [7, 11) is 0. The first-order valence-corrected chi connectivity index (χ1v) is 19.0. The summed E-state index contributed by atoms with van der Waals surface area (Å²) in [5.41, 5.74) is 1.81. The number of nitrogens with one attached hydrogen (secondary N) is 2. The van der Waals surface area contributed by atoms with Gasteiger partial charge in [0.1, 0.15) is 42.9 Å². The van der Waals surface area contributed by atoms with Gasteiger partial charge in [-0.15, -0.1) is 0 Å². The Morgan fingerprint density at radius 2 is 1.69 bits per heavy atom. The number of benzene rings is 3. The van der Waals surface area contributed by atoms with Crippen LogP contribution in [0.25, 0.3) is 0 Å². The van der Waals surface area contributed by atoms with Gasteiger partial charge in [0.15, 0.2) is 0 Å². The van der Waals surface area contributed by atoms with E-state index in [1.165, 1.54) is 56.8 Å². The molecule has 3 heterocycles. The molecule has 7 rings (SSSR count). The third-order valence-electron chi connectivity index (χ3n) is 11.9. The van der Waals surface area contributed by atoms with E-state index in [4.69, 9.17) is 9.47 Å². The molecule has 2 bridgehead atoms. The Balaban J connectivity index is 0.975. The van der Waals surface area contributed by atoms with Gasteiger partial charge in [0.05, 0.1) is 31.5 Å². The summed E-state index contributed by atoms with van der Waals surface area (Å²) in [6, 6.07) is 23.2. The zero-order chi connectivity index (χ0) is 35.9. The van der Waals surface area contributed by atoms with Crippen LogP contribution in [0.3, 0.4) is 0 Å². The third kappa shape index (κ3) is 9.31. The highest BCUT2D eigenvalue weighted by atomic mass is 16.5. The van der Waals surface area contributed by atoms with Crippen LogP contribution in [0.4, 0.5) is 5.69 Å². The van der Waals surface area contributed by atoms with E-state index in [1.807, 2.05) is 30.3 Å². The van der Waals surface area contributed by atoms with E-state index in [-0.39, 0.29) is 29.0 Å². The van der Waals surface area contributed by atoms with Gasteiger partial charge in [-0.2, -0.15) is 0 Å². The predicted molar refractivity (Wildman–Crippen MR) is 200 cm³/mol. The number of phenols is 1. The zero-order valence-electron chi connectivity index (χ0n) is 30.4. The molecule has 9 heteroatoms. The number of fused-ring (bicyclic) bond motifs is 3. The molecular weight excluding hydrogens is 642 g/mol. The number of hydrogen-bond donors (Lipinski definition) is 5. The third-order valence-corrected chi connectivity index (χ3v) is 11.9. The Morgan fingerprint density at radius 3 is 2.39 bits per heavy atom. The normalized spacial score (nSPS) is 24.1. The first-order chi connectivity index (χ1) is 24.6. The average molecular weight is 701 g/mol. The molecular formula is C42H58N3O6+. The highest BCUT2D eigenvalue weighted by Gasteiger charge is 2.48. The minimum Gasteiger partial charge on any atom is -0.506 e. The smallest absolute Gasteiger partial charge is 0.211 e. The van der Waals surface area contributed by atoms with E-state index in [1.54, 1.807) is 12.1 Å². The Bertz CT molecular complexity index is 1550. The van der Waals surface area contributed by atoms with Gasteiger partial charge >= 0.3 is 0 Å². The van der Waals surface area contributed by atoms with Gasteiger partial charge in [0, 0.05) is 30.8 Å². The molecule has 0 spiro atoms. The molecule has 4 fully saturated rings. The highest BCUT2D eigenvalue weighted by molar-refractivity contribution is 5.75. The predicted octanol–water partition coefficient (Wildman–Crippen LogP) is 6.08. The summed E-state index contributed by atoms with van der Waals surface area (Å²) in [5, 5.41) is 38.7. The molecule has 276 valence electrons. The van der Waals surface area contributed by atoms with Crippen LogP contribution in [0.1, 0.15) is 81.6 Å². The quantitative estimate of drug-likeness (QED) is 0.0658. The number of quaternary nitrogens is 1. The molecule has 1 saturated carbocycles. The van der Waals surface area contributed by atoms with Crippen molar-refractivity contribution in [3.63, 3.8) is 0 Å². The lowest BCUT2D eigenvalue weighted by molar-refractivity contribution is -0.946. The molecule has 0 aromatic heterocycles. The molecule has 3 aromatic rings. The van der Waals surface area contributed by atoms with Gasteiger partial charge in [0.2, 0.25) is 6.41 Å². The lowest BCUT2D eigenvalue weighted by atomic mass is 9.73. The second-order valence-corrected chi connectivity index (χ2v) is 16.0. The summed E-state index contributed by atoms with van der Waals surface area (Å²) in [6.45, 7) is 9.82. The van der Waals surface area contributed by atoms with Crippen LogP contribution in [-0.4, -0.2) is 83.8 Å². The van der Waals surface area contributed by atoms with Crippen molar-refractivity contribution in [1.82, 2.24) is 5.32 Å². The van der Waals surface area contributed by atoms with Crippen molar-refractivity contribution >= 4 is 12.1 Å². The van der Waals surface area contributed by atoms with Crippen LogP contribution in [0.5, 0.6) is 11.5 Å². The molecule has 9 nitrogen and oxygen atoms in total.